The number of piperidine rings is 1. The van der Waals surface area contributed by atoms with Crippen molar-refractivity contribution in [1.29, 1.82) is 0 Å². The molecule has 0 unspecified atom stereocenters. The van der Waals surface area contributed by atoms with Crippen LogP contribution in [0.4, 0.5) is 5.82 Å². The van der Waals surface area contributed by atoms with Gasteiger partial charge in [0.15, 0.2) is 5.82 Å². The molecule has 1 fully saturated rings. The lowest BCUT2D eigenvalue weighted by Crippen LogP contribution is -2.39. The standard InChI is InChI=1S/C20H23N5O/c1-13-12-21-15(3)20(22-13)26-16-8-10-25(11-9-16)19-18-7-5-4-6-17(18)14(2)23-24-19/h4-7,12,16H,8-11H2,1-3H3. The van der Waals surface area contributed by atoms with E-state index in [-0.39, 0.29) is 6.10 Å². The Morgan fingerprint density at radius 3 is 2.46 bits per heavy atom. The Kier molecular flexibility index (Phi) is 4.41. The van der Waals surface area contributed by atoms with Crippen LogP contribution in [0.5, 0.6) is 5.88 Å². The van der Waals surface area contributed by atoms with E-state index in [1.165, 1.54) is 10.8 Å². The summed E-state index contributed by atoms with van der Waals surface area (Å²) in [4.78, 5) is 11.1. The molecule has 0 bridgehead atoms. The second-order valence-corrected chi connectivity index (χ2v) is 6.86. The summed E-state index contributed by atoms with van der Waals surface area (Å²) in [5, 5.41) is 11.2. The van der Waals surface area contributed by atoms with E-state index in [1.807, 2.05) is 26.8 Å². The average Bonchev–Trinajstić information content (AvgIpc) is 2.66. The van der Waals surface area contributed by atoms with Crippen molar-refractivity contribution in [3.8, 4) is 5.88 Å². The monoisotopic (exact) mass is 349 g/mol. The highest BCUT2D eigenvalue weighted by Crippen LogP contribution is 2.28. The van der Waals surface area contributed by atoms with E-state index in [9.17, 15) is 0 Å². The van der Waals surface area contributed by atoms with E-state index in [0.717, 1.165) is 48.8 Å². The second-order valence-electron chi connectivity index (χ2n) is 6.86. The molecule has 0 radical (unpaired) electrons. The van der Waals surface area contributed by atoms with Gasteiger partial charge in [0.2, 0.25) is 5.88 Å². The van der Waals surface area contributed by atoms with E-state index in [2.05, 4.69) is 43.3 Å². The van der Waals surface area contributed by atoms with Crippen LogP contribution >= 0.6 is 0 Å². The highest BCUT2D eigenvalue weighted by molar-refractivity contribution is 5.93. The van der Waals surface area contributed by atoms with Crippen molar-refractivity contribution in [3.63, 3.8) is 0 Å². The Bertz CT molecular complexity index is 935. The van der Waals surface area contributed by atoms with Gasteiger partial charge in [-0.05, 0) is 20.8 Å². The summed E-state index contributed by atoms with van der Waals surface area (Å²) in [5.41, 5.74) is 2.69. The highest BCUT2D eigenvalue weighted by atomic mass is 16.5. The topological polar surface area (TPSA) is 64.0 Å². The first-order chi connectivity index (χ1) is 12.6. The van der Waals surface area contributed by atoms with Crippen LogP contribution in [0.15, 0.2) is 30.5 Å². The molecule has 0 atom stereocenters. The van der Waals surface area contributed by atoms with Crippen LogP contribution in [0.3, 0.4) is 0 Å². The van der Waals surface area contributed by atoms with Crippen molar-refractivity contribution in [2.75, 3.05) is 18.0 Å². The third-order valence-electron chi connectivity index (χ3n) is 4.90. The predicted molar refractivity (Wildman–Crippen MR) is 102 cm³/mol. The fourth-order valence-electron chi connectivity index (χ4n) is 3.43. The normalized spacial score (nSPS) is 15.4. The lowest BCUT2D eigenvalue weighted by molar-refractivity contribution is 0.161. The fraction of sp³-hybridized carbons (Fsp3) is 0.400. The number of benzene rings is 1. The second kappa shape index (κ2) is 6.86. The van der Waals surface area contributed by atoms with Crippen molar-refractivity contribution < 1.29 is 4.74 Å². The number of ether oxygens (including phenoxy) is 1. The third kappa shape index (κ3) is 3.19. The lowest BCUT2D eigenvalue weighted by atomic mass is 10.1. The van der Waals surface area contributed by atoms with Gasteiger partial charge < -0.3 is 9.64 Å². The molecule has 1 aliphatic rings. The van der Waals surface area contributed by atoms with E-state index < -0.39 is 0 Å². The molecule has 0 N–H and O–H groups in total. The van der Waals surface area contributed by atoms with Crippen LogP contribution < -0.4 is 9.64 Å². The van der Waals surface area contributed by atoms with Gasteiger partial charge in [-0.25, -0.2) is 4.98 Å². The number of aryl methyl sites for hydroxylation is 3. The summed E-state index contributed by atoms with van der Waals surface area (Å²) < 4.78 is 6.12. The Morgan fingerprint density at radius 1 is 0.962 bits per heavy atom. The van der Waals surface area contributed by atoms with Crippen LogP contribution in [0.1, 0.15) is 29.9 Å². The highest BCUT2D eigenvalue weighted by Gasteiger charge is 2.24. The third-order valence-corrected chi connectivity index (χ3v) is 4.90. The fourth-order valence-corrected chi connectivity index (χ4v) is 3.43. The van der Waals surface area contributed by atoms with Gasteiger partial charge in [-0.3, -0.25) is 4.98 Å². The maximum absolute atomic E-state index is 6.12. The molecule has 2 aromatic heterocycles. The number of fused-ring (bicyclic) bond motifs is 1. The minimum absolute atomic E-state index is 0.158. The van der Waals surface area contributed by atoms with E-state index in [0.29, 0.717) is 5.88 Å². The van der Waals surface area contributed by atoms with Gasteiger partial charge in [-0.2, -0.15) is 5.10 Å². The molecule has 3 heterocycles. The molecule has 3 aromatic rings. The summed E-state index contributed by atoms with van der Waals surface area (Å²) in [6.07, 6.45) is 3.79. The first-order valence-electron chi connectivity index (χ1n) is 9.05. The van der Waals surface area contributed by atoms with Crippen molar-refractivity contribution in [2.45, 2.75) is 39.7 Å². The summed E-state index contributed by atoms with van der Waals surface area (Å²) in [5.74, 6) is 1.63. The molecule has 4 rings (SSSR count). The van der Waals surface area contributed by atoms with Crippen LogP contribution in [0, 0.1) is 20.8 Å². The molecular formula is C20H23N5O. The molecule has 1 aliphatic heterocycles. The number of anilines is 1. The lowest BCUT2D eigenvalue weighted by Gasteiger charge is -2.33. The Hall–Kier alpha value is -2.76. The number of nitrogens with zero attached hydrogens (tertiary/aromatic N) is 5. The van der Waals surface area contributed by atoms with E-state index >= 15 is 0 Å². The molecule has 0 saturated carbocycles. The van der Waals surface area contributed by atoms with Gasteiger partial charge >= 0.3 is 0 Å². The Balaban J connectivity index is 1.49. The zero-order valence-corrected chi connectivity index (χ0v) is 15.4. The van der Waals surface area contributed by atoms with Crippen molar-refractivity contribution in [3.05, 3.63) is 47.5 Å². The minimum Gasteiger partial charge on any atom is -0.473 e. The number of hydrogen-bond donors (Lipinski definition) is 0. The Labute approximate surface area is 153 Å². The summed E-state index contributed by atoms with van der Waals surface area (Å²) >= 11 is 0. The SMILES string of the molecule is Cc1cnc(C)c(OC2CCN(c3nnc(C)c4ccccc34)CC2)n1. The average molecular weight is 349 g/mol. The number of aromatic nitrogens is 4. The molecule has 6 heteroatoms. The zero-order chi connectivity index (χ0) is 18.1. The van der Waals surface area contributed by atoms with Crippen LogP contribution in [0.2, 0.25) is 0 Å². The molecule has 0 spiro atoms. The zero-order valence-electron chi connectivity index (χ0n) is 15.4. The summed E-state index contributed by atoms with van der Waals surface area (Å²) in [6.45, 7) is 7.66. The molecule has 1 aromatic carbocycles. The largest absolute Gasteiger partial charge is 0.473 e. The number of hydrogen-bond acceptors (Lipinski definition) is 6. The molecule has 134 valence electrons. The maximum atomic E-state index is 6.12. The predicted octanol–water partition coefficient (Wildman–Crippen LogP) is 3.39. The molecular weight excluding hydrogens is 326 g/mol. The van der Waals surface area contributed by atoms with E-state index in [4.69, 9.17) is 4.74 Å². The van der Waals surface area contributed by atoms with Crippen molar-refractivity contribution in [1.82, 2.24) is 20.2 Å². The van der Waals surface area contributed by atoms with Crippen LogP contribution in [0.25, 0.3) is 10.8 Å². The van der Waals surface area contributed by atoms with Gasteiger partial charge in [-0.15, -0.1) is 5.10 Å². The molecule has 1 saturated heterocycles. The molecule has 26 heavy (non-hydrogen) atoms. The molecule has 0 aliphatic carbocycles. The van der Waals surface area contributed by atoms with Crippen LogP contribution in [-0.2, 0) is 0 Å². The molecule has 6 nitrogen and oxygen atoms in total. The maximum Gasteiger partial charge on any atom is 0.235 e. The van der Waals surface area contributed by atoms with Crippen molar-refractivity contribution >= 4 is 16.6 Å². The van der Waals surface area contributed by atoms with E-state index in [1.54, 1.807) is 6.20 Å². The van der Waals surface area contributed by atoms with Gasteiger partial charge in [0, 0.05) is 42.9 Å². The molecule has 0 amide bonds. The van der Waals surface area contributed by atoms with Gasteiger partial charge in [0.1, 0.15) is 6.10 Å². The summed E-state index contributed by atoms with van der Waals surface area (Å²) in [6, 6.07) is 8.34. The smallest absolute Gasteiger partial charge is 0.235 e. The summed E-state index contributed by atoms with van der Waals surface area (Å²) in [7, 11) is 0. The van der Waals surface area contributed by atoms with Gasteiger partial charge in [0.05, 0.1) is 17.1 Å². The van der Waals surface area contributed by atoms with Crippen LogP contribution in [-0.4, -0.2) is 39.4 Å². The minimum atomic E-state index is 0.158. The quantitative estimate of drug-likeness (QED) is 0.722. The van der Waals surface area contributed by atoms with Crippen molar-refractivity contribution in [2.24, 2.45) is 0 Å². The Morgan fingerprint density at radius 2 is 1.69 bits per heavy atom. The van der Waals surface area contributed by atoms with Gasteiger partial charge in [0.25, 0.3) is 0 Å². The van der Waals surface area contributed by atoms with Gasteiger partial charge in [-0.1, -0.05) is 24.3 Å². The first kappa shape index (κ1) is 16.7. The number of rotatable bonds is 3. The first-order valence-corrected chi connectivity index (χ1v) is 9.05.